The van der Waals surface area contributed by atoms with Gasteiger partial charge in [-0.3, -0.25) is 0 Å². The first-order valence-corrected chi connectivity index (χ1v) is 11.0. The lowest BCUT2D eigenvalue weighted by Gasteiger charge is -2.35. The summed E-state index contributed by atoms with van der Waals surface area (Å²) in [5.74, 6) is 1.35. The fraction of sp³-hybridized carbons (Fsp3) is 0.565. The van der Waals surface area contributed by atoms with Crippen LogP contribution in [0.1, 0.15) is 56.1 Å². The average Bonchev–Trinajstić information content (AvgIpc) is 3.18. The van der Waals surface area contributed by atoms with Crippen LogP contribution in [0.25, 0.3) is 11.3 Å². The zero-order chi connectivity index (χ0) is 18.9. The Morgan fingerprint density at radius 1 is 0.929 bits per heavy atom. The van der Waals surface area contributed by atoms with Gasteiger partial charge in [0.15, 0.2) is 0 Å². The molecule has 0 amide bonds. The van der Waals surface area contributed by atoms with Gasteiger partial charge in [0.2, 0.25) is 5.95 Å². The Labute approximate surface area is 167 Å². The van der Waals surface area contributed by atoms with Crippen molar-refractivity contribution in [1.82, 2.24) is 14.9 Å². The van der Waals surface area contributed by atoms with Crippen LogP contribution in [0.5, 0.6) is 0 Å². The van der Waals surface area contributed by atoms with Crippen molar-refractivity contribution in [2.45, 2.75) is 69.9 Å². The van der Waals surface area contributed by atoms with Crippen LogP contribution >= 0.6 is 0 Å². The number of likely N-dealkylation sites (tertiary alicyclic amines) is 1. The molecule has 0 spiro atoms. The second kappa shape index (κ2) is 7.70. The Morgan fingerprint density at radius 2 is 1.71 bits per heavy atom. The molecule has 1 saturated carbocycles. The highest BCUT2D eigenvalue weighted by Gasteiger charge is 2.28. The van der Waals surface area contributed by atoms with Crippen molar-refractivity contribution < 1.29 is 0 Å². The Bertz CT molecular complexity index is 835. The van der Waals surface area contributed by atoms with Crippen molar-refractivity contribution in [2.75, 3.05) is 24.1 Å². The molecule has 2 heterocycles. The predicted molar refractivity (Wildman–Crippen MR) is 114 cm³/mol. The third-order valence-electron chi connectivity index (χ3n) is 6.86. The van der Waals surface area contributed by atoms with Gasteiger partial charge < -0.3 is 16.0 Å². The molecule has 0 bridgehead atoms. The maximum atomic E-state index is 6.13. The number of benzene rings is 1. The second-order valence-corrected chi connectivity index (χ2v) is 8.66. The number of rotatable bonds is 3. The molecule has 5 nitrogen and oxygen atoms in total. The Kier molecular flexibility index (Phi) is 4.93. The van der Waals surface area contributed by atoms with Crippen molar-refractivity contribution in [2.24, 2.45) is 0 Å². The molecule has 28 heavy (non-hydrogen) atoms. The third kappa shape index (κ3) is 3.48. The number of nitrogen functional groups attached to an aromatic ring is 1. The monoisotopic (exact) mass is 377 g/mol. The molecule has 1 aromatic heterocycles. The first-order chi connectivity index (χ1) is 13.8. The van der Waals surface area contributed by atoms with E-state index < -0.39 is 0 Å². The minimum atomic E-state index is 0.378. The molecule has 1 saturated heterocycles. The van der Waals surface area contributed by atoms with E-state index in [0.29, 0.717) is 12.0 Å². The zero-order valence-electron chi connectivity index (χ0n) is 16.7. The predicted octanol–water partition coefficient (Wildman–Crippen LogP) is 4.03. The summed E-state index contributed by atoms with van der Waals surface area (Å²) in [7, 11) is 0. The SMILES string of the molecule is Nc1nc(NC2CCC(N3CCCC3)CC2)c2c(n1)-c1ccccc1CCC2. The van der Waals surface area contributed by atoms with Gasteiger partial charge in [-0.2, -0.15) is 4.98 Å². The molecule has 3 N–H and O–H groups in total. The van der Waals surface area contributed by atoms with Gasteiger partial charge in [0, 0.05) is 23.2 Å². The van der Waals surface area contributed by atoms with Gasteiger partial charge in [0.05, 0.1) is 5.69 Å². The molecular formula is C23H31N5. The largest absolute Gasteiger partial charge is 0.368 e. The van der Waals surface area contributed by atoms with Gasteiger partial charge in [0.25, 0.3) is 0 Å². The van der Waals surface area contributed by atoms with Crippen LogP contribution in [-0.2, 0) is 12.8 Å². The van der Waals surface area contributed by atoms with Gasteiger partial charge in [-0.25, -0.2) is 4.98 Å². The Hall–Kier alpha value is -2.14. The van der Waals surface area contributed by atoms with E-state index in [1.54, 1.807) is 0 Å². The molecule has 2 fully saturated rings. The van der Waals surface area contributed by atoms with E-state index >= 15 is 0 Å². The van der Waals surface area contributed by atoms with Crippen LogP contribution in [0.4, 0.5) is 11.8 Å². The van der Waals surface area contributed by atoms with Crippen molar-refractivity contribution in [3.05, 3.63) is 35.4 Å². The smallest absolute Gasteiger partial charge is 0.222 e. The van der Waals surface area contributed by atoms with Crippen molar-refractivity contribution >= 4 is 11.8 Å². The fourth-order valence-corrected chi connectivity index (χ4v) is 5.39. The highest BCUT2D eigenvalue weighted by molar-refractivity contribution is 5.73. The Balaban J connectivity index is 1.36. The summed E-state index contributed by atoms with van der Waals surface area (Å²) in [5.41, 5.74) is 11.0. The van der Waals surface area contributed by atoms with Crippen LogP contribution in [0, 0.1) is 0 Å². The molecule has 2 aromatic rings. The zero-order valence-corrected chi connectivity index (χ0v) is 16.7. The number of fused-ring (bicyclic) bond motifs is 3. The van der Waals surface area contributed by atoms with E-state index in [2.05, 4.69) is 44.5 Å². The van der Waals surface area contributed by atoms with E-state index in [-0.39, 0.29) is 0 Å². The molecule has 3 aliphatic rings. The highest BCUT2D eigenvalue weighted by atomic mass is 15.2. The summed E-state index contributed by atoms with van der Waals surface area (Å²) in [5, 5.41) is 3.77. The Morgan fingerprint density at radius 3 is 2.54 bits per heavy atom. The number of aryl methyl sites for hydroxylation is 1. The minimum Gasteiger partial charge on any atom is -0.368 e. The molecule has 0 atom stereocenters. The van der Waals surface area contributed by atoms with Crippen LogP contribution in [0.15, 0.2) is 24.3 Å². The lowest BCUT2D eigenvalue weighted by molar-refractivity contribution is 0.186. The van der Waals surface area contributed by atoms with Crippen LogP contribution < -0.4 is 11.1 Å². The number of hydrogen-bond acceptors (Lipinski definition) is 5. The maximum absolute atomic E-state index is 6.13. The van der Waals surface area contributed by atoms with Crippen molar-refractivity contribution in [1.29, 1.82) is 0 Å². The standard InChI is InChI=1S/C23H31N5/c24-23-26-21-19-8-2-1-6-16(19)7-5-9-20(21)22(27-23)25-17-10-12-18(13-11-17)28-14-3-4-15-28/h1-2,6,8,17-18H,3-5,7,9-15H2,(H3,24,25,26,27). The lowest BCUT2D eigenvalue weighted by Crippen LogP contribution is -2.39. The molecule has 148 valence electrons. The van der Waals surface area contributed by atoms with E-state index in [9.17, 15) is 0 Å². The molecule has 1 aromatic carbocycles. The second-order valence-electron chi connectivity index (χ2n) is 8.66. The molecule has 5 rings (SSSR count). The third-order valence-corrected chi connectivity index (χ3v) is 6.86. The summed E-state index contributed by atoms with van der Waals surface area (Å²) >= 11 is 0. The first-order valence-electron chi connectivity index (χ1n) is 11.0. The first kappa shape index (κ1) is 17.9. The van der Waals surface area contributed by atoms with Gasteiger partial charge in [0.1, 0.15) is 5.82 Å². The number of nitrogens with one attached hydrogen (secondary N) is 1. The molecular weight excluding hydrogens is 346 g/mol. The number of hydrogen-bond donors (Lipinski definition) is 2. The summed E-state index contributed by atoms with van der Waals surface area (Å²) in [6.07, 6.45) is 11.0. The van der Waals surface area contributed by atoms with Crippen LogP contribution in [0.2, 0.25) is 0 Å². The van der Waals surface area contributed by atoms with E-state index in [1.807, 2.05) is 0 Å². The van der Waals surface area contributed by atoms with Gasteiger partial charge in [-0.15, -0.1) is 0 Å². The molecule has 0 unspecified atom stereocenters. The van der Waals surface area contributed by atoms with Crippen LogP contribution in [0.3, 0.4) is 0 Å². The number of aromatic nitrogens is 2. The topological polar surface area (TPSA) is 67.1 Å². The van der Waals surface area contributed by atoms with Crippen molar-refractivity contribution in [3.8, 4) is 11.3 Å². The molecule has 1 aliphatic heterocycles. The number of nitrogens with two attached hydrogens (primary N) is 1. The molecule has 2 aliphatic carbocycles. The molecule has 5 heteroatoms. The fourth-order valence-electron chi connectivity index (χ4n) is 5.39. The van der Waals surface area contributed by atoms with E-state index in [0.717, 1.165) is 36.8 Å². The van der Waals surface area contributed by atoms with Gasteiger partial charge in [-0.1, -0.05) is 24.3 Å². The average molecular weight is 378 g/mol. The van der Waals surface area contributed by atoms with Gasteiger partial charge >= 0.3 is 0 Å². The lowest BCUT2D eigenvalue weighted by atomic mass is 9.90. The highest BCUT2D eigenvalue weighted by Crippen LogP contribution is 2.36. The number of anilines is 2. The van der Waals surface area contributed by atoms with Crippen LogP contribution in [-0.4, -0.2) is 40.0 Å². The van der Waals surface area contributed by atoms with E-state index in [4.69, 9.17) is 5.73 Å². The van der Waals surface area contributed by atoms with Gasteiger partial charge in [-0.05, 0) is 76.4 Å². The summed E-state index contributed by atoms with van der Waals surface area (Å²) in [6, 6.07) is 9.90. The van der Waals surface area contributed by atoms with Crippen molar-refractivity contribution in [3.63, 3.8) is 0 Å². The number of nitrogens with zero attached hydrogens (tertiary/aromatic N) is 3. The summed E-state index contributed by atoms with van der Waals surface area (Å²) in [6.45, 7) is 2.61. The maximum Gasteiger partial charge on any atom is 0.222 e. The quantitative estimate of drug-likeness (QED) is 0.845. The normalized spacial score (nSPS) is 25.0. The summed E-state index contributed by atoms with van der Waals surface area (Å²) < 4.78 is 0. The molecule has 0 radical (unpaired) electrons. The van der Waals surface area contributed by atoms with E-state index in [1.165, 1.54) is 68.3 Å². The summed E-state index contributed by atoms with van der Waals surface area (Å²) in [4.78, 5) is 12.0. The minimum absolute atomic E-state index is 0.378.